The Hall–Kier alpha value is -4.55. The molecule has 3 aromatic carbocycles. The minimum atomic E-state index is -0.826. The lowest BCUT2D eigenvalue weighted by Crippen LogP contribution is -2.54. The number of halogens is 1. The third kappa shape index (κ3) is 9.47. The quantitative estimate of drug-likeness (QED) is 0.0853. The van der Waals surface area contributed by atoms with Crippen molar-refractivity contribution in [3.63, 3.8) is 0 Å². The van der Waals surface area contributed by atoms with Gasteiger partial charge in [-0.2, -0.15) is 0 Å². The lowest BCUT2D eigenvalue weighted by Gasteiger charge is -2.31. The van der Waals surface area contributed by atoms with Crippen LogP contribution in [0, 0.1) is 11.2 Å². The van der Waals surface area contributed by atoms with Crippen LogP contribution in [0.1, 0.15) is 30.4 Å². The van der Waals surface area contributed by atoms with E-state index in [4.69, 9.17) is 16.9 Å². The van der Waals surface area contributed by atoms with Gasteiger partial charge in [0.15, 0.2) is 5.96 Å². The molecule has 1 aliphatic rings. The number of rotatable bonds is 13. The number of carbonyl (C=O) groups is 3. The van der Waals surface area contributed by atoms with Crippen molar-refractivity contribution in [1.82, 2.24) is 26.2 Å². The van der Waals surface area contributed by atoms with E-state index in [0.717, 1.165) is 21.9 Å². The normalized spacial score (nSPS) is 18.1. The second-order valence-corrected chi connectivity index (χ2v) is 11.4. The first-order valence-electron chi connectivity index (χ1n) is 15.3. The van der Waals surface area contributed by atoms with Crippen molar-refractivity contribution >= 4 is 34.5 Å². The van der Waals surface area contributed by atoms with Gasteiger partial charge in [0.25, 0.3) is 0 Å². The lowest BCUT2D eigenvalue weighted by atomic mass is 9.99. The summed E-state index contributed by atoms with van der Waals surface area (Å²) in [5.74, 6) is -1.32. The number of hydrogen-bond donors (Lipinski definition) is 7. The zero-order chi connectivity index (χ0) is 32.3. The van der Waals surface area contributed by atoms with Crippen LogP contribution in [0.2, 0.25) is 0 Å². The highest BCUT2D eigenvalue weighted by Crippen LogP contribution is 2.21. The Morgan fingerprint density at radius 1 is 1.02 bits per heavy atom. The number of benzene rings is 3. The second-order valence-electron chi connectivity index (χ2n) is 11.4. The van der Waals surface area contributed by atoms with E-state index in [-0.39, 0.29) is 48.5 Å². The molecule has 1 fully saturated rings. The molecule has 1 aliphatic heterocycles. The van der Waals surface area contributed by atoms with Crippen LogP contribution in [-0.4, -0.2) is 79.4 Å². The monoisotopic (exact) mass is 618 g/mol. The number of fused-ring (bicyclic) bond motifs is 1. The number of likely N-dealkylation sites (N-methyl/N-ethyl adjacent to an activating group) is 1. The molecule has 0 aliphatic carbocycles. The molecule has 4 rings (SSSR count). The van der Waals surface area contributed by atoms with Gasteiger partial charge in [0.2, 0.25) is 17.7 Å². The molecule has 0 spiro atoms. The summed E-state index contributed by atoms with van der Waals surface area (Å²) >= 11 is 0. The fourth-order valence-corrected chi connectivity index (χ4v) is 5.67. The van der Waals surface area contributed by atoms with E-state index in [0.29, 0.717) is 38.8 Å². The first-order chi connectivity index (χ1) is 21.6. The SMILES string of the molecule is CNC(=O)C(Cc1ccc2ccccc2c1)N1CC[C@H](CNC(=O)[C@H](N)Cc2ccc(F)cc2)N[C@@H](CCCNC(=N)N)C1=O. The molecule has 12 heteroatoms. The molecule has 9 N–H and O–H groups in total. The van der Waals surface area contributed by atoms with Gasteiger partial charge in [-0.25, -0.2) is 4.39 Å². The summed E-state index contributed by atoms with van der Waals surface area (Å²) in [5.41, 5.74) is 13.2. The fourth-order valence-electron chi connectivity index (χ4n) is 5.67. The van der Waals surface area contributed by atoms with Crippen molar-refractivity contribution in [2.24, 2.45) is 11.5 Å². The molecule has 11 nitrogen and oxygen atoms in total. The molecule has 240 valence electrons. The summed E-state index contributed by atoms with van der Waals surface area (Å²) in [4.78, 5) is 41.8. The maximum absolute atomic E-state index is 14.0. The van der Waals surface area contributed by atoms with E-state index >= 15 is 0 Å². The average Bonchev–Trinajstić information content (AvgIpc) is 3.19. The van der Waals surface area contributed by atoms with Crippen LogP contribution in [0.3, 0.4) is 0 Å². The summed E-state index contributed by atoms with van der Waals surface area (Å²) in [6.07, 6.45) is 2.07. The lowest BCUT2D eigenvalue weighted by molar-refractivity contribution is -0.141. The summed E-state index contributed by atoms with van der Waals surface area (Å²) in [6, 6.07) is 17.4. The predicted molar refractivity (Wildman–Crippen MR) is 173 cm³/mol. The highest BCUT2D eigenvalue weighted by Gasteiger charge is 2.37. The number of guanidine groups is 1. The molecule has 0 aromatic heterocycles. The van der Waals surface area contributed by atoms with Crippen molar-refractivity contribution in [3.8, 4) is 0 Å². The number of amides is 3. The third-order valence-electron chi connectivity index (χ3n) is 8.12. The van der Waals surface area contributed by atoms with Crippen molar-refractivity contribution < 1.29 is 18.8 Å². The Labute approximate surface area is 262 Å². The minimum Gasteiger partial charge on any atom is -0.370 e. The highest BCUT2D eigenvalue weighted by molar-refractivity contribution is 5.90. The molecule has 4 atom stereocenters. The predicted octanol–water partition coefficient (Wildman–Crippen LogP) is 1.14. The smallest absolute Gasteiger partial charge is 0.242 e. The average molecular weight is 619 g/mol. The summed E-state index contributed by atoms with van der Waals surface area (Å²) in [6.45, 7) is 0.951. The Morgan fingerprint density at radius 3 is 2.44 bits per heavy atom. The maximum atomic E-state index is 14.0. The molecule has 1 unspecified atom stereocenters. The molecule has 1 heterocycles. The van der Waals surface area contributed by atoms with Gasteiger partial charge in [-0.3, -0.25) is 19.8 Å². The number of carbonyl (C=O) groups excluding carboxylic acids is 3. The van der Waals surface area contributed by atoms with Crippen molar-refractivity contribution in [2.75, 3.05) is 26.7 Å². The zero-order valence-electron chi connectivity index (χ0n) is 25.5. The molecule has 0 saturated carbocycles. The van der Waals surface area contributed by atoms with E-state index in [9.17, 15) is 18.8 Å². The van der Waals surface area contributed by atoms with Crippen LogP contribution in [-0.2, 0) is 27.2 Å². The van der Waals surface area contributed by atoms with E-state index in [1.165, 1.54) is 12.1 Å². The number of nitrogens with one attached hydrogen (secondary N) is 5. The van der Waals surface area contributed by atoms with Gasteiger partial charge < -0.3 is 37.6 Å². The third-order valence-corrected chi connectivity index (χ3v) is 8.12. The maximum Gasteiger partial charge on any atom is 0.242 e. The van der Waals surface area contributed by atoms with Gasteiger partial charge in [-0.1, -0.05) is 54.6 Å². The number of nitrogens with zero attached hydrogens (tertiary/aromatic N) is 1. The van der Waals surface area contributed by atoms with Crippen LogP contribution in [0.5, 0.6) is 0 Å². The van der Waals surface area contributed by atoms with E-state index < -0.39 is 18.1 Å². The Bertz CT molecular complexity index is 1480. The van der Waals surface area contributed by atoms with Gasteiger partial charge in [0, 0.05) is 39.1 Å². The van der Waals surface area contributed by atoms with Crippen LogP contribution in [0.15, 0.2) is 66.7 Å². The molecule has 0 radical (unpaired) electrons. The highest BCUT2D eigenvalue weighted by atomic mass is 19.1. The summed E-state index contributed by atoms with van der Waals surface area (Å²) in [5, 5.41) is 21.4. The second kappa shape index (κ2) is 16.0. The van der Waals surface area contributed by atoms with Crippen LogP contribution >= 0.6 is 0 Å². The first kappa shape index (κ1) is 33.3. The van der Waals surface area contributed by atoms with Gasteiger partial charge >= 0.3 is 0 Å². The first-order valence-corrected chi connectivity index (χ1v) is 15.3. The van der Waals surface area contributed by atoms with E-state index in [1.54, 1.807) is 24.1 Å². The summed E-state index contributed by atoms with van der Waals surface area (Å²) < 4.78 is 13.3. The largest absolute Gasteiger partial charge is 0.370 e. The van der Waals surface area contributed by atoms with Gasteiger partial charge in [-0.05, 0) is 59.7 Å². The van der Waals surface area contributed by atoms with Crippen molar-refractivity contribution in [2.45, 2.75) is 56.3 Å². The molecular formula is C33H43FN8O3. The van der Waals surface area contributed by atoms with Crippen molar-refractivity contribution in [3.05, 3.63) is 83.7 Å². The minimum absolute atomic E-state index is 0.149. The van der Waals surface area contributed by atoms with Crippen molar-refractivity contribution in [1.29, 1.82) is 5.41 Å². The van der Waals surface area contributed by atoms with Crippen LogP contribution in [0.25, 0.3) is 10.8 Å². The Kier molecular flexibility index (Phi) is 11.8. The van der Waals surface area contributed by atoms with E-state index in [2.05, 4.69) is 21.3 Å². The van der Waals surface area contributed by atoms with Gasteiger partial charge in [0.05, 0.1) is 12.1 Å². The Balaban J connectivity index is 1.48. The van der Waals surface area contributed by atoms with Gasteiger partial charge in [-0.15, -0.1) is 0 Å². The molecule has 3 amide bonds. The number of nitrogens with two attached hydrogens (primary N) is 2. The van der Waals surface area contributed by atoms with Crippen LogP contribution < -0.4 is 32.7 Å². The molecule has 3 aromatic rings. The van der Waals surface area contributed by atoms with E-state index in [1.807, 2.05) is 42.5 Å². The Morgan fingerprint density at radius 2 is 1.73 bits per heavy atom. The fraction of sp³-hybridized carbons (Fsp3) is 0.394. The topological polar surface area (TPSA) is 178 Å². The standard InChI is InChI=1S/C33H43FN8O3/c1-38-31(44)29(19-22-8-11-23-5-2-3-6-24(23)17-22)42-16-14-26(41-28(32(42)45)7-4-15-39-33(36)37)20-40-30(43)27(35)18-21-9-12-25(34)13-10-21/h2-3,5-6,8-13,17,26-29,41H,4,7,14-16,18-20,35H2,1H3,(H,38,44)(H,40,43)(H4,36,37,39)/t26-,27-,28+,29?/m1/s1. The van der Waals surface area contributed by atoms with Crippen LogP contribution in [0.4, 0.5) is 4.39 Å². The van der Waals surface area contributed by atoms with Gasteiger partial charge in [0.1, 0.15) is 11.9 Å². The molecule has 45 heavy (non-hydrogen) atoms. The zero-order valence-corrected chi connectivity index (χ0v) is 25.5. The number of hydrogen-bond acceptors (Lipinski definition) is 6. The molecule has 0 bridgehead atoms. The molecule has 1 saturated heterocycles. The molecular weight excluding hydrogens is 575 g/mol. The summed E-state index contributed by atoms with van der Waals surface area (Å²) in [7, 11) is 1.56.